The predicted octanol–water partition coefficient (Wildman–Crippen LogP) is 1.84. The standard InChI is InChI=1S/C10H13NO3/c1-13-10(12)11-5-4-8(7-11)9-3-2-6-14-9/h2-3,6,8H,4-5,7H2,1H3. The summed E-state index contributed by atoms with van der Waals surface area (Å²) in [7, 11) is 1.41. The van der Waals surface area contributed by atoms with Crippen molar-refractivity contribution in [2.75, 3.05) is 20.2 Å². The number of ether oxygens (including phenoxy) is 1. The molecule has 1 aliphatic rings. The van der Waals surface area contributed by atoms with Gasteiger partial charge in [-0.3, -0.25) is 0 Å². The number of hydrogen-bond donors (Lipinski definition) is 0. The molecule has 2 rings (SSSR count). The summed E-state index contributed by atoms with van der Waals surface area (Å²) in [5.41, 5.74) is 0. The SMILES string of the molecule is COC(=O)N1CCC(c2ccco2)C1. The van der Waals surface area contributed by atoms with Gasteiger partial charge in [0.2, 0.25) is 0 Å². The van der Waals surface area contributed by atoms with E-state index in [1.54, 1.807) is 11.2 Å². The zero-order valence-electron chi connectivity index (χ0n) is 8.10. The fourth-order valence-electron chi connectivity index (χ4n) is 1.81. The number of furan rings is 1. The Bertz CT molecular complexity index is 307. The van der Waals surface area contributed by atoms with Crippen molar-refractivity contribution in [2.24, 2.45) is 0 Å². The minimum atomic E-state index is -0.251. The quantitative estimate of drug-likeness (QED) is 0.686. The first kappa shape index (κ1) is 9.12. The second-order valence-electron chi connectivity index (χ2n) is 3.42. The molecule has 1 aromatic rings. The van der Waals surface area contributed by atoms with E-state index in [1.807, 2.05) is 12.1 Å². The van der Waals surface area contributed by atoms with Gasteiger partial charge in [0.1, 0.15) is 5.76 Å². The van der Waals surface area contributed by atoms with E-state index < -0.39 is 0 Å². The normalized spacial score (nSPS) is 21.2. The maximum absolute atomic E-state index is 11.2. The monoisotopic (exact) mass is 195 g/mol. The van der Waals surface area contributed by atoms with Crippen LogP contribution in [-0.4, -0.2) is 31.2 Å². The first-order chi connectivity index (χ1) is 6.81. The molecule has 1 fully saturated rings. The molecule has 0 aliphatic carbocycles. The maximum atomic E-state index is 11.2. The van der Waals surface area contributed by atoms with Crippen molar-refractivity contribution in [2.45, 2.75) is 12.3 Å². The summed E-state index contributed by atoms with van der Waals surface area (Å²) in [6, 6.07) is 3.82. The Morgan fingerprint density at radius 3 is 3.21 bits per heavy atom. The van der Waals surface area contributed by atoms with Crippen molar-refractivity contribution in [1.82, 2.24) is 4.90 Å². The molecule has 1 atom stereocenters. The molecule has 1 unspecified atom stereocenters. The zero-order valence-corrected chi connectivity index (χ0v) is 8.10. The van der Waals surface area contributed by atoms with E-state index in [2.05, 4.69) is 4.74 Å². The molecule has 0 saturated carbocycles. The van der Waals surface area contributed by atoms with E-state index >= 15 is 0 Å². The summed E-state index contributed by atoms with van der Waals surface area (Å²) in [6.07, 6.45) is 2.36. The van der Waals surface area contributed by atoms with E-state index in [0.29, 0.717) is 12.5 Å². The molecule has 0 spiro atoms. The molecule has 0 bridgehead atoms. The summed E-state index contributed by atoms with van der Waals surface area (Å²) >= 11 is 0. The maximum Gasteiger partial charge on any atom is 0.409 e. The largest absolute Gasteiger partial charge is 0.469 e. The van der Waals surface area contributed by atoms with Gasteiger partial charge in [-0.15, -0.1) is 0 Å². The number of rotatable bonds is 1. The average molecular weight is 195 g/mol. The lowest BCUT2D eigenvalue weighted by molar-refractivity contribution is 0.132. The van der Waals surface area contributed by atoms with Crippen LogP contribution in [0.1, 0.15) is 18.1 Å². The highest BCUT2D eigenvalue weighted by molar-refractivity contribution is 5.67. The van der Waals surface area contributed by atoms with Crippen molar-refractivity contribution < 1.29 is 13.9 Å². The predicted molar refractivity (Wildman–Crippen MR) is 50.0 cm³/mol. The molecule has 2 heterocycles. The number of amides is 1. The fraction of sp³-hybridized carbons (Fsp3) is 0.500. The number of methoxy groups -OCH3 is 1. The van der Waals surface area contributed by atoms with Gasteiger partial charge in [-0.05, 0) is 18.6 Å². The number of carbonyl (C=O) groups excluding carboxylic acids is 1. The van der Waals surface area contributed by atoms with Crippen LogP contribution in [-0.2, 0) is 4.74 Å². The van der Waals surface area contributed by atoms with Crippen LogP contribution in [0.15, 0.2) is 22.8 Å². The Labute approximate surface area is 82.4 Å². The lowest BCUT2D eigenvalue weighted by atomic mass is 10.1. The summed E-state index contributed by atoms with van der Waals surface area (Å²) < 4.78 is 9.96. The Morgan fingerprint density at radius 2 is 2.57 bits per heavy atom. The van der Waals surface area contributed by atoms with Gasteiger partial charge >= 0.3 is 6.09 Å². The van der Waals surface area contributed by atoms with Gasteiger partial charge in [-0.25, -0.2) is 4.79 Å². The summed E-state index contributed by atoms with van der Waals surface area (Å²) in [6.45, 7) is 1.44. The molecule has 0 aromatic carbocycles. The molecule has 1 amide bonds. The second-order valence-corrected chi connectivity index (χ2v) is 3.42. The van der Waals surface area contributed by atoms with Gasteiger partial charge in [0, 0.05) is 19.0 Å². The van der Waals surface area contributed by atoms with Gasteiger partial charge < -0.3 is 14.1 Å². The topological polar surface area (TPSA) is 42.7 Å². The molecule has 1 aliphatic heterocycles. The van der Waals surface area contributed by atoms with Crippen LogP contribution in [0.3, 0.4) is 0 Å². The fourth-order valence-corrected chi connectivity index (χ4v) is 1.81. The summed E-state index contributed by atoms with van der Waals surface area (Å²) in [5, 5.41) is 0. The van der Waals surface area contributed by atoms with E-state index in [0.717, 1.165) is 18.7 Å². The summed E-state index contributed by atoms with van der Waals surface area (Å²) in [5.74, 6) is 1.28. The molecule has 4 nitrogen and oxygen atoms in total. The Morgan fingerprint density at radius 1 is 1.71 bits per heavy atom. The third kappa shape index (κ3) is 1.60. The van der Waals surface area contributed by atoms with Crippen LogP contribution in [0.4, 0.5) is 4.79 Å². The molecular weight excluding hydrogens is 182 g/mol. The molecule has 0 radical (unpaired) electrons. The van der Waals surface area contributed by atoms with E-state index in [1.165, 1.54) is 7.11 Å². The smallest absolute Gasteiger partial charge is 0.409 e. The molecule has 4 heteroatoms. The van der Waals surface area contributed by atoms with Crippen LogP contribution in [0.25, 0.3) is 0 Å². The van der Waals surface area contributed by atoms with Crippen molar-refractivity contribution in [3.63, 3.8) is 0 Å². The van der Waals surface area contributed by atoms with Crippen LogP contribution in [0.5, 0.6) is 0 Å². The highest BCUT2D eigenvalue weighted by Gasteiger charge is 2.29. The Hall–Kier alpha value is -1.45. The van der Waals surface area contributed by atoms with Crippen molar-refractivity contribution in [1.29, 1.82) is 0 Å². The van der Waals surface area contributed by atoms with Gasteiger partial charge in [0.05, 0.1) is 13.4 Å². The number of carbonyl (C=O) groups is 1. The number of likely N-dealkylation sites (tertiary alicyclic amines) is 1. The number of nitrogens with zero attached hydrogens (tertiary/aromatic N) is 1. The molecule has 1 saturated heterocycles. The highest BCUT2D eigenvalue weighted by atomic mass is 16.5. The lowest BCUT2D eigenvalue weighted by Gasteiger charge is -2.13. The van der Waals surface area contributed by atoms with E-state index in [9.17, 15) is 4.79 Å². The highest BCUT2D eigenvalue weighted by Crippen LogP contribution is 2.27. The van der Waals surface area contributed by atoms with Crippen LogP contribution in [0, 0.1) is 0 Å². The van der Waals surface area contributed by atoms with Crippen molar-refractivity contribution in [3.8, 4) is 0 Å². The summed E-state index contributed by atoms with van der Waals surface area (Å²) in [4.78, 5) is 12.9. The molecule has 1 aromatic heterocycles. The van der Waals surface area contributed by atoms with Gasteiger partial charge in [-0.1, -0.05) is 0 Å². The van der Waals surface area contributed by atoms with Crippen LogP contribution in [0.2, 0.25) is 0 Å². The molecule has 14 heavy (non-hydrogen) atoms. The molecule has 76 valence electrons. The van der Waals surface area contributed by atoms with Crippen molar-refractivity contribution >= 4 is 6.09 Å². The van der Waals surface area contributed by atoms with Gasteiger partial charge in [0.25, 0.3) is 0 Å². The van der Waals surface area contributed by atoms with Crippen molar-refractivity contribution in [3.05, 3.63) is 24.2 Å². The molecule has 0 N–H and O–H groups in total. The lowest BCUT2D eigenvalue weighted by Crippen LogP contribution is -2.28. The van der Waals surface area contributed by atoms with Gasteiger partial charge in [0.15, 0.2) is 0 Å². The van der Waals surface area contributed by atoms with E-state index in [4.69, 9.17) is 4.42 Å². The van der Waals surface area contributed by atoms with Gasteiger partial charge in [-0.2, -0.15) is 0 Å². The first-order valence-electron chi connectivity index (χ1n) is 4.67. The molecular formula is C10H13NO3. The Kier molecular flexibility index (Phi) is 2.43. The first-order valence-corrected chi connectivity index (χ1v) is 4.67. The van der Waals surface area contributed by atoms with Crippen LogP contribution < -0.4 is 0 Å². The third-order valence-corrected chi connectivity index (χ3v) is 2.57. The van der Waals surface area contributed by atoms with Crippen LogP contribution >= 0.6 is 0 Å². The zero-order chi connectivity index (χ0) is 9.97. The van der Waals surface area contributed by atoms with E-state index in [-0.39, 0.29) is 6.09 Å². The second kappa shape index (κ2) is 3.74. The Balaban J connectivity index is 1.98. The third-order valence-electron chi connectivity index (χ3n) is 2.57. The average Bonchev–Trinajstić information content (AvgIpc) is 2.86. The number of hydrogen-bond acceptors (Lipinski definition) is 3. The minimum absolute atomic E-state index is 0.251. The minimum Gasteiger partial charge on any atom is -0.469 e.